The molecule has 1 atom stereocenters. The predicted octanol–water partition coefficient (Wildman–Crippen LogP) is 3.97. The average Bonchev–Trinajstić information content (AvgIpc) is 3.11. The fraction of sp³-hybridized carbons (Fsp3) is 0.0435. The van der Waals surface area contributed by atoms with Gasteiger partial charge in [0.25, 0.3) is 11.6 Å². The fourth-order valence-electron chi connectivity index (χ4n) is 3.37. The second-order valence-electron chi connectivity index (χ2n) is 6.91. The number of anilines is 1. The standard InChI is InChI=1S/C23H17N3O5/c27-22-20(14-15-6-8-17(9-7-15)23(28)29)21(16-4-2-1-3-5-16)24-25(22)18-10-12-19(13-11-18)26(30)31/h1-14,21,24H,(H,28,29)/b20-14-. The van der Waals surface area contributed by atoms with E-state index in [1.165, 1.54) is 41.4 Å². The van der Waals surface area contributed by atoms with Crippen molar-refractivity contribution >= 4 is 29.3 Å². The number of amides is 1. The third kappa shape index (κ3) is 4.05. The molecule has 4 rings (SSSR count). The largest absolute Gasteiger partial charge is 0.478 e. The van der Waals surface area contributed by atoms with Crippen molar-refractivity contribution in [1.29, 1.82) is 0 Å². The lowest BCUT2D eigenvalue weighted by atomic mass is 9.98. The molecule has 8 heteroatoms. The number of nitro groups is 1. The number of nitrogens with one attached hydrogen (secondary N) is 1. The van der Waals surface area contributed by atoms with Gasteiger partial charge >= 0.3 is 5.97 Å². The first-order valence-corrected chi connectivity index (χ1v) is 9.39. The van der Waals surface area contributed by atoms with Gasteiger partial charge in [-0.05, 0) is 41.5 Å². The van der Waals surface area contributed by atoms with E-state index in [2.05, 4.69) is 5.43 Å². The molecule has 0 spiro atoms. The Kier molecular flexibility index (Phi) is 5.30. The first-order chi connectivity index (χ1) is 14.9. The van der Waals surface area contributed by atoms with Crippen LogP contribution < -0.4 is 10.4 Å². The third-order valence-corrected chi connectivity index (χ3v) is 4.95. The molecule has 154 valence electrons. The number of nitro benzene ring substituents is 1. The maximum atomic E-state index is 13.3. The Bertz CT molecular complexity index is 1170. The van der Waals surface area contributed by atoms with Crippen molar-refractivity contribution in [3.8, 4) is 0 Å². The van der Waals surface area contributed by atoms with Gasteiger partial charge in [0.05, 0.1) is 22.2 Å². The molecule has 0 bridgehead atoms. The van der Waals surface area contributed by atoms with E-state index in [1.807, 2.05) is 30.3 Å². The number of nitrogens with zero attached hydrogens (tertiary/aromatic N) is 2. The molecule has 0 saturated carbocycles. The van der Waals surface area contributed by atoms with Crippen LogP contribution in [-0.2, 0) is 4.79 Å². The number of hydrazine groups is 1. The van der Waals surface area contributed by atoms with Crippen LogP contribution in [0, 0.1) is 10.1 Å². The summed E-state index contributed by atoms with van der Waals surface area (Å²) in [5.41, 5.74) is 5.76. The molecular weight excluding hydrogens is 398 g/mol. The molecule has 1 aliphatic rings. The quantitative estimate of drug-likeness (QED) is 0.370. The van der Waals surface area contributed by atoms with Gasteiger partial charge in [-0.15, -0.1) is 0 Å². The number of rotatable bonds is 5. The Morgan fingerprint density at radius 2 is 1.65 bits per heavy atom. The maximum Gasteiger partial charge on any atom is 0.335 e. The van der Waals surface area contributed by atoms with Crippen LogP contribution in [0.2, 0.25) is 0 Å². The number of benzene rings is 3. The summed E-state index contributed by atoms with van der Waals surface area (Å²) < 4.78 is 0. The fourth-order valence-corrected chi connectivity index (χ4v) is 3.37. The van der Waals surface area contributed by atoms with Crippen molar-refractivity contribution in [2.75, 3.05) is 5.01 Å². The Hall–Kier alpha value is -4.30. The molecule has 8 nitrogen and oxygen atoms in total. The lowest BCUT2D eigenvalue weighted by Gasteiger charge is -2.17. The summed E-state index contributed by atoms with van der Waals surface area (Å²) >= 11 is 0. The molecule has 0 radical (unpaired) electrons. The maximum absolute atomic E-state index is 13.3. The van der Waals surface area contributed by atoms with Crippen LogP contribution in [0.15, 0.2) is 84.4 Å². The molecule has 1 heterocycles. The molecule has 1 aliphatic heterocycles. The number of non-ortho nitro benzene ring substituents is 1. The zero-order valence-electron chi connectivity index (χ0n) is 16.1. The van der Waals surface area contributed by atoms with Gasteiger partial charge in [0.1, 0.15) is 0 Å². The molecule has 1 fully saturated rings. The van der Waals surface area contributed by atoms with Crippen molar-refractivity contribution in [2.45, 2.75) is 6.04 Å². The predicted molar refractivity (Wildman–Crippen MR) is 114 cm³/mol. The Labute approximate surface area is 177 Å². The van der Waals surface area contributed by atoms with Crippen LogP contribution in [0.5, 0.6) is 0 Å². The van der Waals surface area contributed by atoms with E-state index >= 15 is 0 Å². The first kappa shape index (κ1) is 20.0. The highest BCUT2D eigenvalue weighted by molar-refractivity contribution is 6.11. The normalized spacial score (nSPS) is 17.2. The number of hydrogen-bond acceptors (Lipinski definition) is 5. The second kappa shape index (κ2) is 8.21. The van der Waals surface area contributed by atoms with Crippen LogP contribution in [0.3, 0.4) is 0 Å². The van der Waals surface area contributed by atoms with Gasteiger partial charge in [0.2, 0.25) is 0 Å². The van der Waals surface area contributed by atoms with Gasteiger partial charge in [-0.1, -0.05) is 42.5 Å². The molecule has 31 heavy (non-hydrogen) atoms. The number of carboxylic acid groups (broad SMARTS) is 1. The lowest BCUT2D eigenvalue weighted by Crippen LogP contribution is -2.35. The number of carbonyl (C=O) groups is 2. The van der Waals surface area contributed by atoms with Crippen LogP contribution in [0.1, 0.15) is 27.5 Å². The number of carboxylic acids is 1. The molecular formula is C23H17N3O5. The zero-order chi connectivity index (χ0) is 22.0. The van der Waals surface area contributed by atoms with Crippen molar-refractivity contribution in [3.63, 3.8) is 0 Å². The van der Waals surface area contributed by atoms with Crippen molar-refractivity contribution in [2.24, 2.45) is 0 Å². The molecule has 1 saturated heterocycles. The van der Waals surface area contributed by atoms with E-state index in [0.29, 0.717) is 16.8 Å². The Balaban J connectivity index is 1.72. The van der Waals surface area contributed by atoms with Crippen LogP contribution >= 0.6 is 0 Å². The summed E-state index contributed by atoms with van der Waals surface area (Å²) in [4.78, 5) is 34.8. The molecule has 3 aromatic carbocycles. The van der Waals surface area contributed by atoms with E-state index in [1.54, 1.807) is 18.2 Å². The zero-order valence-corrected chi connectivity index (χ0v) is 16.1. The van der Waals surface area contributed by atoms with Gasteiger partial charge in [-0.3, -0.25) is 14.9 Å². The van der Waals surface area contributed by atoms with Crippen LogP contribution in [-0.4, -0.2) is 21.9 Å². The highest BCUT2D eigenvalue weighted by atomic mass is 16.6. The van der Waals surface area contributed by atoms with Crippen molar-refractivity contribution in [1.82, 2.24) is 5.43 Å². The monoisotopic (exact) mass is 415 g/mol. The van der Waals surface area contributed by atoms with Gasteiger partial charge in [-0.25, -0.2) is 15.2 Å². The minimum atomic E-state index is -1.02. The van der Waals surface area contributed by atoms with Crippen molar-refractivity contribution in [3.05, 3.63) is 111 Å². The summed E-state index contributed by atoms with van der Waals surface area (Å²) in [7, 11) is 0. The first-order valence-electron chi connectivity index (χ1n) is 9.39. The highest BCUT2D eigenvalue weighted by Crippen LogP contribution is 2.34. The third-order valence-electron chi connectivity index (χ3n) is 4.95. The second-order valence-corrected chi connectivity index (χ2v) is 6.91. The summed E-state index contributed by atoms with van der Waals surface area (Å²) in [6.07, 6.45) is 1.71. The molecule has 0 aromatic heterocycles. The molecule has 2 N–H and O–H groups in total. The van der Waals surface area contributed by atoms with Gasteiger partial charge < -0.3 is 5.11 Å². The summed E-state index contributed by atoms with van der Waals surface area (Å²) in [6, 6.07) is 20.9. The summed E-state index contributed by atoms with van der Waals surface area (Å²) in [5.74, 6) is -1.32. The number of hydrogen-bond donors (Lipinski definition) is 2. The number of aromatic carboxylic acids is 1. The SMILES string of the molecule is O=C(O)c1ccc(/C=C2\C(=O)N(c3ccc([N+](=O)[O-])cc3)NC2c2ccccc2)cc1. The van der Waals surface area contributed by atoms with Crippen LogP contribution in [0.25, 0.3) is 6.08 Å². The minimum Gasteiger partial charge on any atom is -0.478 e. The van der Waals surface area contributed by atoms with Gasteiger partial charge in [0, 0.05) is 17.7 Å². The minimum absolute atomic E-state index is 0.0655. The van der Waals surface area contributed by atoms with Gasteiger partial charge in [0.15, 0.2) is 0 Å². The van der Waals surface area contributed by atoms with Crippen molar-refractivity contribution < 1.29 is 19.6 Å². The van der Waals surface area contributed by atoms with E-state index in [9.17, 15) is 19.7 Å². The Morgan fingerprint density at radius 3 is 2.23 bits per heavy atom. The smallest absolute Gasteiger partial charge is 0.335 e. The Morgan fingerprint density at radius 1 is 1.00 bits per heavy atom. The van der Waals surface area contributed by atoms with Crippen LogP contribution in [0.4, 0.5) is 11.4 Å². The summed E-state index contributed by atoms with van der Waals surface area (Å²) in [5, 5.41) is 21.4. The molecule has 1 unspecified atom stereocenters. The lowest BCUT2D eigenvalue weighted by molar-refractivity contribution is -0.384. The van der Waals surface area contributed by atoms with E-state index in [0.717, 1.165) is 5.56 Å². The van der Waals surface area contributed by atoms with Gasteiger partial charge in [-0.2, -0.15) is 0 Å². The van der Waals surface area contributed by atoms with E-state index < -0.39 is 16.9 Å². The van der Waals surface area contributed by atoms with E-state index in [-0.39, 0.29) is 17.2 Å². The number of carbonyl (C=O) groups excluding carboxylic acids is 1. The molecule has 3 aromatic rings. The topological polar surface area (TPSA) is 113 Å². The highest BCUT2D eigenvalue weighted by Gasteiger charge is 2.36. The molecule has 1 amide bonds. The summed E-state index contributed by atoms with van der Waals surface area (Å²) in [6.45, 7) is 0. The molecule has 0 aliphatic carbocycles. The average molecular weight is 415 g/mol. The van der Waals surface area contributed by atoms with E-state index in [4.69, 9.17) is 5.11 Å².